The van der Waals surface area contributed by atoms with Crippen LogP contribution in [-0.2, 0) is 16.1 Å². The van der Waals surface area contributed by atoms with E-state index in [-0.39, 0.29) is 24.6 Å². The molecule has 1 fully saturated rings. The Morgan fingerprint density at radius 1 is 1.00 bits per heavy atom. The number of benzene rings is 2. The summed E-state index contributed by atoms with van der Waals surface area (Å²) in [5, 5.41) is 0. The zero-order valence-corrected chi connectivity index (χ0v) is 23.8. The number of amides is 1. The molecule has 166 valence electrons. The Morgan fingerprint density at radius 2 is 1.61 bits per heavy atom. The molecule has 2 aromatic carbocycles. The van der Waals surface area contributed by atoms with Crippen LogP contribution in [0.5, 0.6) is 0 Å². The molecule has 0 aromatic heterocycles. The summed E-state index contributed by atoms with van der Waals surface area (Å²) < 4.78 is 14.3. The molecule has 1 saturated heterocycles. The van der Waals surface area contributed by atoms with Gasteiger partial charge in [0.05, 0.1) is 5.56 Å². The van der Waals surface area contributed by atoms with E-state index in [9.17, 15) is 9.59 Å². The third kappa shape index (κ3) is 6.46. The summed E-state index contributed by atoms with van der Waals surface area (Å²) in [6.07, 6.45) is 1.24. The lowest BCUT2D eigenvalue weighted by Crippen LogP contribution is -2.46. The highest BCUT2D eigenvalue weighted by Crippen LogP contribution is 2.33. The molecule has 5 nitrogen and oxygen atoms in total. The van der Waals surface area contributed by atoms with Crippen LogP contribution in [0, 0.1) is 16.6 Å². The second-order valence-corrected chi connectivity index (χ2v) is 11.4. The fraction of sp³-hybridized carbons (Fsp3) is 0.391. The van der Waals surface area contributed by atoms with Gasteiger partial charge >= 0.3 is 12.1 Å². The molecular formula is C23H24I3NO4. The largest absolute Gasteiger partial charge is 0.456 e. The van der Waals surface area contributed by atoms with Gasteiger partial charge in [0, 0.05) is 29.7 Å². The number of esters is 1. The predicted molar refractivity (Wildman–Crippen MR) is 145 cm³/mol. The van der Waals surface area contributed by atoms with Crippen LogP contribution in [0.3, 0.4) is 0 Å². The Kier molecular flexibility index (Phi) is 8.87. The van der Waals surface area contributed by atoms with Crippen LogP contribution in [0.1, 0.15) is 42.6 Å². The first kappa shape index (κ1) is 25.0. The normalized spacial score (nSPS) is 14.9. The fourth-order valence-corrected chi connectivity index (χ4v) is 5.98. The van der Waals surface area contributed by atoms with E-state index < -0.39 is 5.60 Å². The molecule has 0 spiro atoms. The van der Waals surface area contributed by atoms with Gasteiger partial charge in [-0.3, -0.25) is 0 Å². The summed E-state index contributed by atoms with van der Waals surface area (Å²) in [6, 6.07) is 13.6. The Bertz CT molecular complexity index is 941. The van der Waals surface area contributed by atoms with E-state index in [1.54, 1.807) is 4.90 Å². The minimum atomic E-state index is -0.620. The lowest BCUT2D eigenvalue weighted by Gasteiger charge is -2.39. The van der Waals surface area contributed by atoms with E-state index in [0.717, 1.165) is 29.1 Å². The number of piperidine rings is 1. The standard InChI is InChI=1S/C23H24I3NO4/c1-23(2,31-21(28)19-17(24)8-9-18(25)20(19)26)16-10-12-27(13-11-16)22(29)30-14-15-6-4-3-5-7-15/h3-9,16H,10-14H2,1-2H3. The summed E-state index contributed by atoms with van der Waals surface area (Å²) in [7, 11) is 0. The van der Waals surface area contributed by atoms with Crippen LogP contribution in [-0.4, -0.2) is 35.7 Å². The van der Waals surface area contributed by atoms with Crippen LogP contribution in [0.2, 0.25) is 0 Å². The maximum absolute atomic E-state index is 13.0. The smallest absolute Gasteiger partial charge is 0.410 e. The van der Waals surface area contributed by atoms with Gasteiger partial charge in [0.1, 0.15) is 12.2 Å². The molecule has 0 N–H and O–H groups in total. The molecule has 1 amide bonds. The molecule has 1 heterocycles. The topological polar surface area (TPSA) is 55.8 Å². The maximum Gasteiger partial charge on any atom is 0.410 e. The van der Waals surface area contributed by atoms with Crippen LogP contribution in [0.4, 0.5) is 4.79 Å². The minimum Gasteiger partial charge on any atom is -0.456 e. The van der Waals surface area contributed by atoms with Crippen molar-refractivity contribution in [1.29, 1.82) is 0 Å². The molecule has 0 bridgehead atoms. The van der Waals surface area contributed by atoms with Gasteiger partial charge in [-0.25, -0.2) is 9.59 Å². The van der Waals surface area contributed by atoms with Crippen LogP contribution < -0.4 is 0 Å². The summed E-state index contributed by atoms with van der Waals surface area (Å²) in [5.74, 6) is -0.116. The molecule has 0 unspecified atom stereocenters. The molecule has 1 aliphatic rings. The lowest BCUT2D eigenvalue weighted by molar-refractivity contribution is -0.0449. The quantitative estimate of drug-likeness (QED) is 0.199. The van der Waals surface area contributed by atoms with E-state index in [2.05, 4.69) is 67.8 Å². The van der Waals surface area contributed by atoms with E-state index in [0.29, 0.717) is 18.7 Å². The molecule has 3 rings (SSSR count). The molecule has 0 atom stereocenters. The highest BCUT2D eigenvalue weighted by atomic mass is 127. The van der Waals surface area contributed by atoms with Crippen molar-refractivity contribution < 1.29 is 19.1 Å². The van der Waals surface area contributed by atoms with E-state index >= 15 is 0 Å². The number of ether oxygens (including phenoxy) is 2. The second kappa shape index (κ2) is 11.0. The predicted octanol–water partition coefficient (Wildman–Crippen LogP) is 6.48. The fourth-order valence-electron chi connectivity index (χ4n) is 3.66. The summed E-state index contributed by atoms with van der Waals surface area (Å²) >= 11 is 6.61. The maximum atomic E-state index is 13.0. The number of halogens is 3. The Hall–Kier alpha value is -0.630. The molecular weight excluding hydrogens is 735 g/mol. The average molecular weight is 759 g/mol. The van der Waals surface area contributed by atoms with Crippen molar-refractivity contribution in [2.45, 2.75) is 38.9 Å². The summed E-state index contributed by atoms with van der Waals surface area (Å²) in [4.78, 5) is 27.1. The first-order valence-electron chi connectivity index (χ1n) is 10.0. The van der Waals surface area contributed by atoms with E-state index in [1.807, 2.05) is 56.3 Å². The van der Waals surface area contributed by atoms with Crippen LogP contribution >= 0.6 is 67.8 Å². The third-order valence-corrected chi connectivity index (χ3v) is 9.50. The highest BCUT2D eigenvalue weighted by molar-refractivity contribution is 14.1. The number of likely N-dealkylation sites (tertiary alicyclic amines) is 1. The first-order valence-corrected chi connectivity index (χ1v) is 13.2. The van der Waals surface area contributed by atoms with Gasteiger partial charge in [-0.15, -0.1) is 0 Å². The number of hydrogen-bond donors (Lipinski definition) is 0. The molecule has 0 radical (unpaired) electrons. The molecule has 2 aromatic rings. The zero-order chi connectivity index (χ0) is 22.6. The molecule has 1 aliphatic heterocycles. The van der Waals surface area contributed by atoms with Gasteiger partial charge in [-0.1, -0.05) is 30.3 Å². The van der Waals surface area contributed by atoms with Gasteiger partial charge in [-0.2, -0.15) is 0 Å². The third-order valence-electron chi connectivity index (χ3n) is 5.55. The lowest BCUT2D eigenvalue weighted by atomic mass is 9.83. The van der Waals surface area contributed by atoms with Crippen LogP contribution in [0.25, 0.3) is 0 Å². The first-order chi connectivity index (χ1) is 14.7. The van der Waals surface area contributed by atoms with Crippen molar-refractivity contribution >= 4 is 79.8 Å². The number of rotatable bonds is 5. The van der Waals surface area contributed by atoms with Crippen molar-refractivity contribution in [3.63, 3.8) is 0 Å². The van der Waals surface area contributed by atoms with E-state index in [4.69, 9.17) is 9.47 Å². The monoisotopic (exact) mass is 759 g/mol. The number of carbonyl (C=O) groups excluding carboxylic acids is 2. The Morgan fingerprint density at radius 3 is 2.26 bits per heavy atom. The molecule has 31 heavy (non-hydrogen) atoms. The van der Waals surface area contributed by atoms with Gasteiger partial charge in [0.25, 0.3) is 0 Å². The van der Waals surface area contributed by atoms with Crippen molar-refractivity contribution in [1.82, 2.24) is 4.90 Å². The van der Waals surface area contributed by atoms with Crippen molar-refractivity contribution in [3.8, 4) is 0 Å². The van der Waals surface area contributed by atoms with E-state index in [1.165, 1.54) is 0 Å². The Labute approximate surface area is 224 Å². The number of nitrogens with zero attached hydrogens (tertiary/aromatic N) is 1. The second-order valence-electron chi connectivity index (χ2n) is 8.01. The number of hydrogen-bond acceptors (Lipinski definition) is 4. The van der Waals surface area contributed by atoms with Crippen molar-refractivity contribution in [3.05, 3.63) is 64.3 Å². The highest BCUT2D eigenvalue weighted by Gasteiger charge is 2.38. The van der Waals surface area contributed by atoms with Gasteiger partial charge in [0.2, 0.25) is 0 Å². The Balaban J connectivity index is 1.55. The van der Waals surface area contributed by atoms with Crippen LogP contribution in [0.15, 0.2) is 42.5 Å². The zero-order valence-electron chi connectivity index (χ0n) is 17.4. The average Bonchev–Trinajstić information content (AvgIpc) is 2.75. The van der Waals surface area contributed by atoms with Crippen molar-refractivity contribution in [2.75, 3.05) is 13.1 Å². The molecule has 8 heteroatoms. The number of carbonyl (C=O) groups is 2. The summed E-state index contributed by atoms with van der Waals surface area (Å²) in [5.41, 5.74) is 0.978. The van der Waals surface area contributed by atoms with Gasteiger partial charge in [-0.05, 0) is 112 Å². The summed E-state index contributed by atoms with van der Waals surface area (Å²) in [6.45, 7) is 5.39. The molecule has 0 saturated carbocycles. The van der Waals surface area contributed by atoms with Gasteiger partial charge in [0.15, 0.2) is 0 Å². The van der Waals surface area contributed by atoms with Gasteiger partial charge < -0.3 is 14.4 Å². The SMILES string of the molecule is CC(C)(OC(=O)c1c(I)ccc(I)c1I)C1CCN(C(=O)OCc2ccccc2)CC1. The van der Waals surface area contributed by atoms with Crippen molar-refractivity contribution in [2.24, 2.45) is 5.92 Å². The molecule has 0 aliphatic carbocycles. The minimum absolute atomic E-state index is 0.174.